The maximum absolute atomic E-state index is 10.7. The number of benzene rings is 1. The Labute approximate surface area is 88.1 Å². The third-order valence-corrected chi connectivity index (χ3v) is 2.33. The lowest BCUT2D eigenvalue weighted by atomic mass is 10.3. The van der Waals surface area contributed by atoms with E-state index in [0.717, 1.165) is 0 Å². The fraction of sp³-hybridized carbons (Fsp3) is 0.222. The molecule has 0 saturated heterocycles. The van der Waals surface area contributed by atoms with Crippen molar-refractivity contribution in [3.8, 4) is 5.75 Å². The number of hydrogen-bond acceptors (Lipinski definition) is 4. The van der Waals surface area contributed by atoms with Gasteiger partial charge in [-0.15, -0.1) is 0 Å². The summed E-state index contributed by atoms with van der Waals surface area (Å²) in [5.74, 6) is -1.90. The lowest BCUT2D eigenvalue weighted by Gasteiger charge is -2.15. The highest BCUT2D eigenvalue weighted by atomic mass is 31.1. The van der Waals surface area contributed by atoms with Crippen LogP contribution in [0.25, 0.3) is 0 Å². The maximum Gasteiger partial charge on any atom is 0.325 e. The number of aliphatic carboxylic acids is 1. The molecule has 0 aromatic heterocycles. The molecule has 1 rings (SSSR count). The van der Waals surface area contributed by atoms with Crippen LogP contribution in [-0.4, -0.2) is 23.0 Å². The Balaban J connectivity index is 2.70. The van der Waals surface area contributed by atoms with E-state index in [1.54, 1.807) is 30.3 Å². The van der Waals surface area contributed by atoms with Gasteiger partial charge in [-0.25, -0.2) is 0 Å². The van der Waals surface area contributed by atoms with Crippen molar-refractivity contribution in [3.05, 3.63) is 30.3 Å². The molecule has 5 nitrogen and oxygen atoms in total. The molecule has 1 unspecified atom stereocenters. The average molecular weight is 227 g/mol. The minimum absolute atomic E-state index is 0.433. The van der Waals surface area contributed by atoms with Gasteiger partial charge in [0.2, 0.25) is 14.3 Å². The zero-order valence-electron chi connectivity index (χ0n) is 7.74. The Morgan fingerprint density at radius 2 is 2.00 bits per heavy atom. The summed E-state index contributed by atoms with van der Waals surface area (Å²) in [6.45, 7) is 0. The fourth-order valence-corrected chi connectivity index (χ4v) is 1.34. The molecule has 0 spiro atoms. The normalized spacial score (nSPS) is 14.5. The van der Waals surface area contributed by atoms with Crippen molar-refractivity contribution in [1.29, 1.82) is 0 Å². The number of para-hydroxylation sites is 1. The van der Waals surface area contributed by atoms with Crippen molar-refractivity contribution in [3.63, 3.8) is 0 Å². The molecule has 0 heterocycles. The second-order valence-corrected chi connectivity index (χ2v) is 3.51. The number of carbonyl (C=O) groups is 1. The molecule has 0 saturated carbocycles. The predicted molar refractivity (Wildman–Crippen MR) is 54.1 cm³/mol. The molecular weight excluding hydrogens is 217 g/mol. The third kappa shape index (κ3) is 3.31. The van der Waals surface area contributed by atoms with E-state index in [-0.39, 0.29) is 0 Å². The summed E-state index contributed by atoms with van der Waals surface area (Å²) >= 11 is 0. The molecule has 3 N–H and O–H groups in total. The van der Waals surface area contributed by atoms with Gasteiger partial charge in [0.25, 0.3) is 0 Å². The van der Waals surface area contributed by atoms with Gasteiger partial charge in [0.1, 0.15) is 5.75 Å². The van der Waals surface area contributed by atoms with Gasteiger partial charge in [0.05, 0.1) is 0 Å². The summed E-state index contributed by atoms with van der Waals surface area (Å²) in [5.41, 5.74) is 5.29. The van der Waals surface area contributed by atoms with Gasteiger partial charge < -0.3 is 15.6 Å². The highest BCUT2D eigenvalue weighted by Gasteiger charge is 2.26. The lowest BCUT2D eigenvalue weighted by Crippen LogP contribution is -2.41. The molecule has 15 heavy (non-hydrogen) atoms. The second kappa shape index (κ2) is 5.44. The SMILES string of the molecule is N[C@@H](C(=O)O)C(Oc1ccccc1)P=O. The Hall–Kier alpha value is -1.45. The first-order valence-electron chi connectivity index (χ1n) is 4.17. The zero-order chi connectivity index (χ0) is 11.3. The number of carboxylic acid groups (broad SMARTS) is 1. The van der Waals surface area contributed by atoms with Crippen molar-refractivity contribution in [2.24, 2.45) is 5.73 Å². The molecular formula is C9H10NO4P. The largest absolute Gasteiger partial charge is 0.480 e. The van der Waals surface area contributed by atoms with E-state index in [2.05, 4.69) is 0 Å². The molecule has 0 aliphatic carbocycles. The van der Waals surface area contributed by atoms with Crippen LogP contribution in [0.5, 0.6) is 5.75 Å². The summed E-state index contributed by atoms with van der Waals surface area (Å²) < 4.78 is 15.8. The van der Waals surface area contributed by atoms with E-state index in [9.17, 15) is 9.36 Å². The first-order chi connectivity index (χ1) is 7.15. The summed E-state index contributed by atoms with van der Waals surface area (Å²) in [6, 6.07) is 7.18. The standard InChI is InChI=1S/C9H10NO4P/c10-7(8(11)12)9(15-13)14-6-4-2-1-3-5-6/h1-5,7,9H,10H2,(H,11,12)/t7-,9?/m0/s1. The number of rotatable bonds is 5. The van der Waals surface area contributed by atoms with Gasteiger partial charge in [-0.05, 0) is 12.1 Å². The van der Waals surface area contributed by atoms with Crippen LogP contribution in [0.1, 0.15) is 0 Å². The number of ether oxygens (including phenoxy) is 1. The summed E-state index contributed by atoms with van der Waals surface area (Å²) in [6.07, 6.45) is 0. The number of hydrogen-bond donors (Lipinski definition) is 2. The molecule has 80 valence electrons. The molecule has 0 aliphatic heterocycles. The van der Waals surface area contributed by atoms with E-state index in [1.165, 1.54) is 0 Å². The van der Waals surface area contributed by atoms with Gasteiger partial charge in [0.15, 0.2) is 6.04 Å². The number of nitrogens with two attached hydrogens (primary N) is 1. The molecule has 2 atom stereocenters. The highest BCUT2D eigenvalue weighted by molar-refractivity contribution is 7.24. The summed E-state index contributed by atoms with van der Waals surface area (Å²) in [5, 5.41) is 8.61. The van der Waals surface area contributed by atoms with Crippen molar-refractivity contribution < 1.29 is 19.2 Å². The molecule has 0 radical (unpaired) electrons. The molecule has 0 bridgehead atoms. The van der Waals surface area contributed by atoms with Crippen molar-refractivity contribution >= 4 is 14.4 Å². The quantitative estimate of drug-likeness (QED) is 0.735. The molecule has 1 aromatic carbocycles. The van der Waals surface area contributed by atoms with Crippen LogP contribution in [-0.2, 0) is 9.36 Å². The molecule has 0 aliphatic rings. The van der Waals surface area contributed by atoms with Gasteiger partial charge in [-0.1, -0.05) is 18.2 Å². The third-order valence-electron chi connectivity index (χ3n) is 1.70. The Morgan fingerprint density at radius 3 is 2.47 bits per heavy atom. The van der Waals surface area contributed by atoms with Crippen LogP contribution in [0.3, 0.4) is 0 Å². The average Bonchev–Trinajstić information content (AvgIpc) is 2.26. The number of carboxylic acids is 1. The van der Waals surface area contributed by atoms with E-state index < -0.39 is 26.3 Å². The highest BCUT2D eigenvalue weighted by Crippen LogP contribution is 2.18. The van der Waals surface area contributed by atoms with Gasteiger partial charge in [0, 0.05) is 0 Å². The van der Waals surface area contributed by atoms with Crippen LogP contribution in [0.15, 0.2) is 30.3 Å². The van der Waals surface area contributed by atoms with E-state index >= 15 is 0 Å². The predicted octanol–water partition coefficient (Wildman–Crippen LogP) is 1.10. The summed E-state index contributed by atoms with van der Waals surface area (Å²) in [4.78, 5) is 10.5. The molecule has 0 fully saturated rings. The molecule has 6 heteroatoms. The smallest absolute Gasteiger partial charge is 0.325 e. The maximum atomic E-state index is 10.7. The van der Waals surface area contributed by atoms with Gasteiger partial charge in [-0.3, -0.25) is 9.36 Å². The van der Waals surface area contributed by atoms with E-state index in [4.69, 9.17) is 15.6 Å². The zero-order valence-corrected chi connectivity index (χ0v) is 8.63. The topological polar surface area (TPSA) is 89.6 Å². The lowest BCUT2D eigenvalue weighted by molar-refractivity contribution is -0.139. The Bertz CT molecular complexity index is 343. The van der Waals surface area contributed by atoms with Crippen LogP contribution in [0.4, 0.5) is 0 Å². The summed E-state index contributed by atoms with van der Waals surface area (Å²) in [7, 11) is -0.454. The van der Waals surface area contributed by atoms with Crippen LogP contribution in [0, 0.1) is 0 Å². The minimum atomic E-state index is -1.32. The van der Waals surface area contributed by atoms with Crippen molar-refractivity contribution in [1.82, 2.24) is 0 Å². The minimum Gasteiger partial charge on any atom is -0.480 e. The van der Waals surface area contributed by atoms with Crippen LogP contribution >= 0.6 is 8.46 Å². The van der Waals surface area contributed by atoms with Crippen LogP contribution in [0.2, 0.25) is 0 Å². The monoisotopic (exact) mass is 227 g/mol. The first kappa shape index (κ1) is 11.6. The van der Waals surface area contributed by atoms with Crippen LogP contribution < -0.4 is 10.5 Å². The van der Waals surface area contributed by atoms with E-state index in [0.29, 0.717) is 5.75 Å². The van der Waals surface area contributed by atoms with Crippen molar-refractivity contribution in [2.75, 3.05) is 0 Å². The Kier molecular flexibility index (Phi) is 4.21. The molecule has 1 aromatic rings. The van der Waals surface area contributed by atoms with Crippen molar-refractivity contribution in [2.45, 2.75) is 11.9 Å². The second-order valence-electron chi connectivity index (χ2n) is 2.79. The molecule has 0 amide bonds. The fourth-order valence-electron chi connectivity index (χ4n) is 0.921. The van der Waals surface area contributed by atoms with E-state index in [1.807, 2.05) is 0 Å². The van der Waals surface area contributed by atoms with Gasteiger partial charge >= 0.3 is 5.97 Å². The van der Waals surface area contributed by atoms with Gasteiger partial charge in [-0.2, -0.15) is 0 Å². The Morgan fingerprint density at radius 1 is 1.40 bits per heavy atom. The first-order valence-corrected chi connectivity index (χ1v) is 5.06.